The van der Waals surface area contributed by atoms with E-state index in [1.807, 2.05) is 0 Å². The van der Waals surface area contributed by atoms with Gasteiger partial charge in [-0.3, -0.25) is 0 Å². The quantitative estimate of drug-likeness (QED) is 0.0384. The molecule has 0 amide bonds. The van der Waals surface area contributed by atoms with Crippen LogP contribution in [0.1, 0.15) is 182 Å². The molecule has 0 aromatic rings. The van der Waals surface area contributed by atoms with Gasteiger partial charge in [-0.2, -0.15) is 0 Å². The summed E-state index contributed by atoms with van der Waals surface area (Å²) in [5.41, 5.74) is 0. The first kappa shape index (κ1) is 37.4. The van der Waals surface area contributed by atoms with Crippen LogP contribution in [0.25, 0.3) is 0 Å². The Labute approximate surface area is 241 Å². The molecule has 0 aromatic heterocycles. The lowest BCUT2D eigenvalue weighted by atomic mass is 10.1. The van der Waals surface area contributed by atoms with Gasteiger partial charge in [0, 0.05) is 5.20 Å². The summed E-state index contributed by atoms with van der Waals surface area (Å²) in [4.78, 5) is 13.4. The summed E-state index contributed by atoms with van der Waals surface area (Å²) in [5.74, 6) is -0.0341. The van der Waals surface area contributed by atoms with E-state index in [1.54, 1.807) is 0 Å². The van der Waals surface area contributed by atoms with Gasteiger partial charge in [0.25, 0.3) is 0 Å². The number of hydrogen-bond acceptors (Lipinski definition) is 2. The van der Waals surface area contributed by atoms with E-state index < -0.39 is 8.07 Å². The second-order valence-electron chi connectivity index (χ2n) is 12.2. The van der Waals surface area contributed by atoms with Crippen LogP contribution >= 0.6 is 0 Å². The Balaban J connectivity index is 5.17. The van der Waals surface area contributed by atoms with E-state index in [0.717, 1.165) is 11.6 Å². The van der Waals surface area contributed by atoms with E-state index in [4.69, 9.17) is 4.74 Å². The molecule has 3 heteroatoms. The van der Waals surface area contributed by atoms with Gasteiger partial charge in [0.15, 0.2) is 0 Å². The van der Waals surface area contributed by atoms with Gasteiger partial charge in [0.2, 0.25) is 0 Å². The van der Waals surface area contributed by atoms with E-state index >= 15 is 0 Å². The predicted octanol–water partition coefficient (Wildman–Crippen LogP) is 12.5. The molecule has 0 aliphatic heterocycles. The highest BCUT2D eigenvalue weighted by atomic mass is 28.3. The summed E-state index contributed by atoms with van der Waals surface area (Å²) >= 11 is 0. The van der Waals surface area contributed by atoms with Crippen molar-refractivity contribution >= 4 is 14.0 Å². The Morgan fingerprint density at radius 2 is 0.763 bits per heavy atom. The molecule has 0 bridgehead atoms. The predicted molar refractivity (Wildman–Crippen MR) is 174 cm³/mol. The van der Waals surface area contributed by atoms with Crippen molar-refractivity contribution in [2.75, 3.05) is 6.61 Å². The number of unbranched alkanes of at least 4 members (excludes halogenated alkanes) is 20. The van der Waals surface area contributed by atoms with Crippen molar-refractivity contribution < 1.29 is 9.53 Å². The average Bonchev–Trinajstić information content (AvgIpc) is 2.92. The standard InChI is InChI=1S/C35H70O2Si/c1-6-10-14-18-22-26-30-37-35(36)34(5)38(31-27-23-19-15-11-7-2,32-28-24-20-16-12-8-3)33-29-25-21-17-13-9-4/h5-33H2,1-4H3. The van der Waals surface area contributed by atoms with Crippen LogP contribution in [0.2, 0.25) is 18.1 Å². The van der Waals surface area contributed by atoms with Crippen molar-refractivity contribution in [2.45, 2.75) is 200 Å². The maximum Gasteiger partial charge on any atom is 0.329 e. The number of ether oxygens (including phenoxy) is 1. The van der Waals surface area contributed by atoms with Gasteiger partial charge in [-0.25, -0.2) is 4.79 Å². The molecule has 38 heavy (non-hydrogen) atoms. The number of carbonyl (C=O) groups is 1. The van der Waals surface area contributed by atoms with Crippen molar-refractivity contribution in [3.05, 3.63) is 11.8 Å². The zero-order chi connectivity index (χ0) is 28.2. The highest BCUT2D eigenvalue weighted by molar-refractivity contribution is 6.90. The molecular weight excluding hydrogens is 480 g/mol. The lowest BCUT2D eigenvalue weighted by Crippen LogP contribution is -2.40. The van der Waals surface area contributed by atoms with Crippen molar-refractivity contribution in [1.82, 2.24) is 0 Å². The summed E-state index contributed by atoms with van der Waals surface area (Å²) in [5, 5.41) is 0.944. The first-order valence-electron chi connectivity index (χ1n) is 17.4. The van der Waals surface area contributed by atoms with E-state index in [9.17, 15) is 4.79 Å². The van der Waals surface area contributed by atoms with Gasteiger partial charge in [-0.05, 0) is 6.42 Å². The number of esters is 1. The van der Waals surface area contributed by atoms with Crippen LogP contribution in [0.4, 0.5) is 0 Å². The highest BCUT2D eigenvalue weighted by Gasteiger charge is 2.38. The molecule has 0 aromatic carbocycles. The fraction of sp³-hybridized carbons (Fsp3) is 0.914. The smallest absolute Gasteiger partial charge is 0.329 e. The average molecular weight is 551 g/mol. The van der Waals surface area contributed by atoms with Gasteiger partial charge in [0.05, 0.1) is 14.7 Å². The third-order valence-electron chi connectivity index (χ3n) is 8.64. The van der Waals surface area contributed by atoms with Gasteiger partial charge in [0.1, 0.15) is 0 Å². The molecule has 0 unspecified atom stereocenters. The van der Waals surface area contributed by atoms with Crippen molar-refractivity contribution in [3.8, 4) is 0 Å². The fourth-order valence-corrected chi connectivity index (χ4v) is 10.9. The molecule has 0 radical (unpaired) electrons. The molecule has 0 heterocycles. The molecule has 0 saturated heterocycles. The van der Waals surface area contributed by atoms with Gasteiger partial charge in [-0.1, -0.05) is 200 Å². The lowest BCUT2D eigenvalue weighted by molar-refractivity contribution is -0.138. The number of rotatable bonds is 30. The minimum atomic E-state index is -1.92. The van der Waals surface area contributed by atoms with Crippen LogP contribution in [0.5, 0.6) is 0 Å². The summed E-state index contributed by atoms with van der Waals surface area (Å²) < 4.78 is 5.89. The summed E-state index contributed by atoms with van der Waals surface area (Å²) in [6.07, 6.45) is 31.3. The lowest BCUT2D eigenvalue weighted by Gasteiger charge is -2.33. The van der Waals surface area contributed by atoms with E-state index in [-0.39, 0.29) is 5.97 Å². The van der Waals surface area contributed by atoms with Gasteiger partial charge < -0.3 is 4.74 Å². The molecule has 2 nitrogen and oxygen atoms in total. The van der Waals surface area contributed by atoms with Crippen LogP contribution in [-0.2, 0) is 9.53 Å². The van der Waals surface area contributed by atoms with Crippen molar-refractivity contribution in [3.63, 3.8) is 0 Å². The van der Waals surface area contributed by atoms with Crippen LogP contribution in [0.3, 0.4) is 0 Å². The highest BCUT2D eigenvalue weighted by Crippen LogP contribution is 2.36. The fourth-order valence-electron chi connectivity index (χ4n) is 5.91. The molecule has 0 saturated carbocycles. The monoisotopic (exact) mass is 551 g/mol. The summed E-state index contributed by atoms with van der Waals surface area (Å²) in [6, 6.07) is 3.77. The summed E-state index contributed by atoms with van der Waals surface area (Å²) in [7, 11) is -1.92. The maximum atomic E-state index is 13.4. The van der Waals surface area contributed by atoms with E-state index in [0.29, 0.717) is 6.61 Å². The molecular formula is C35H70O2Si. The Kier molecular flexibility index (Phi) is 27.6. The minimum Gasteiger partial charge on any atom is -0.463 e. The molecule has 0 atom stereocenters. The van der Waals surface area contributed by atoms with Crippen LogP contribution < -0.4 is 0 Å². The normalized spacial score (nSPS) is 11.7. The molecule has 0 spiro atoms. The van der Waals surface area contributed by atoms with Crippen molar-refractivity contribution in [1.29, 1.82) is 0 Å². The molecule has 0 aliphatic carbocycles. The Bertz CT molecular complexity index is 489. The number of carbonyl (C=O) groups excluding carboxylic acids is 1. The maximum absolute atomic E-state index is 13.4. The minimum absolute atomic E-state index is 0.0341. The van der Waals surface area contributed by atoms with Crippen LogP contribution in [0.15, 0.2) is 11.8 Å². The van der Waals surface area contributed by atoms with Crippen LogP contribution in [0, 0.1) is 0 Å². The largest absolute Gasteiger partial charge is 0.463 e. The SMILES string of the molecule is C=C(C(=O)OCCCCCCCC)[Si](CCCCCCCC)(CCCCCCCC)CCCCCCCC. The molecule has 0 fully saturated rings. The molecule has 0 N–H and O–H groups in total. The van der Waals surface area contributed by atoms with Gasteiger partial charge in [-0.15, -0.1) is 0 Å². The Morgan fingerprint density at radius 1 is 0.474 bits per heavy atom. The zero-order valence-electron chi connectivity index (χ0n) is 26.8. The molecule has 0 rings (SSSR count). The van der Waals surface area contributed by atoms with E-state index in [2.05, 4.69) is 34.3 Å². The number of hydrogen-bond donors (Lipinski definition) is 0. The Hall–Kier alpha value is -0.573. The van der Waals surface area contributed by atoms with Crippen molar-refractivity contribution in [2.24, 2.45) is 0 Å². The second kappa shape index (κ2) is 28.0. The van der Waals surface area contributed by atoms with Crippen LogP contribution in [-0.4, -0.2) is 20.7 Å². The first-order chi connectivity index (χ1) is 18.6. The Morgan fingerprint density at radius 3 is 1.11 bits per heavy atom. The zero-order valence-corrected chi connectivity index (χ0v) is 27.8. The van der Waals surface area contributed by atoms with Gasteiger partial charge >= 0.3 is 5.97 Å². The van der Waals surface area contributed by atoms with E-state index in [1.165, 1.54) is 166 Å². The molecule has 0 aliphatic rings. The first-order valence-corrected chi connectivity index (χ1v) is 20.1. The topological polar surface area (TPSA) is 26.3 Å². The third kappa shape index (κ3) is 20.3. The summed E-state index contributed by atoms with van der Waals surface area (Å²) in [6.45, 7) is 14.3. The molecule has 226 valence electrons. The second-order valence-corrected chi connectivity index (χ2v) is 16.9. The third-order valence-corrected chi connectivity index (χ3v) is 14.1.